The van der Waals surface area contributed by atoms with E-state index >= 15 is 0 Å². The lowest BCUT2D eigenvalue weighted by Crippen LogP contribution is -2.22. The second-order valence-corrected chi connectivity index (χ2v) is 6.78. The molecule has 29 heavy (non-hydrogen) atoms. The van der Waals surface area contributed by atoms with Crippen molar-refractivity contribution in [2.75, 3.05) is 6.54 Å². The highest BCUT2D eigenvalue weighted by molar-refractivity contribution is 5.88. The van der Waals surface area contributed by atoms with E-state index in [4.69, 9.17) is 0 Å². The van der Waals surface area contributed by atoms with Gasteiger partial charge in [0.25, 0.3) is 0 Å². The van der Waals surface area contributed by atoms with Crippen LogP contribution >= 0.6 is 0 Å². The van der Waals surface area contributed by atoms with Gasteiger partial charge in [0, 0.05) is 25.0 Å². The number of unbranched alkanes of at least 4 members (excludes halogenated alkanes) is 1. The largest absolute Gasteiger partial charge is 0.353 e. The lowest BCUT2D eigenvalue weighted by Gasteiger charge is -2.07. The Hall–Kier alpha value is -3.46. The Morgan fingerprint density at radius 1 is 0.862 bits per heavy atom. The zero-order chi connectivity index (χ0) is 20.2. The summed E-state index contributed by atoms with van der Waals surface area (Å²) in [6, 6.07) is 24.4. The van der Waals surface area contributed by atoms with Crippen LogP contribution in [0.4, 0.5) is 0 Å². The Balaban J connectivity index is 1.51. The molecule has 1 amide bonds. The lowest BCUT2D eigenvalue weighted by molar-refractivity contribution is -0.116. The molecule has 0 spiro atoms. The molecule has 0 aliphatic rings. The third kappa shape index (κ3) is 6.89. The maximum atomic E-state index is 12.1. The first-order chi connectivity index (χ1) is 14.3. The van der Waals surface area contributed by atoms with Crippen molar-refractivity contribution in [2.24, 2.45) is 0 Å². The van der Waals surface area contributed by atoms with Crippen LogP contribution in [0.25, 0.3) is 5.57 Å². The number of aryl methyl sites for hydroxylation is 1. The minimum atomic E-state index is -0.0666. The molecule has 3 rings (SSSR count). The number of allylic oxidation sites excluding steroid dienone is 2. The summed E-state index contributed by atoms with van der Waals surface area (Å²) >= 11 is 0. The van der Waals surface area contributed by atoms with Gasteiger partial charge in [0.15, 0.2) is 0 Å². The van der Waals surface area contributed by atoms with Gasteiger partial charge in [-0.1, -0.05) is 78.9 Å². The van der Waals surface area contributed by atoms with Crippen LogP contribution in [0.3, 0.4) is 0 Å². The Morgan fingerprint density at radius 3 is 2.17 bits per heavy atom. The zero-order valence-electron chi connectivity index (χ0n) is 16.5. The van der Waals surface area contributed by atoms with E-state index in [1.54, 1.807) is 12.3 Å². The van der Waals surface area contributed by atoms with Crippen LogP contribution in [-0.4, -0.2) is 17.4 Å². The van der Waals surface area contributed by atoms with Crippen molar-refractivity contribution in [2.45, 2.75) is 19.3 Å². The molecule has 3 nitrogen and oxygen atoms in total. The minimum absolute atomic E-state index is 0.0666. The van der Waals surface area contributed by atoms with Gasteiger partial charge in [-0.15, -0.1) is 0 Å². The summed E-state index contributed by atoms with van der Waals surface area (Å²) in [5, 5.41) is 2.95. The number of rotatable bonds is 9. The number of nitrogens with zero attached hydrogens (tertiary/aromatic N) is 1. The number of pyridine rings is 1. The molecule has 0 radical (unpaired) electrons. The Bertz CT molecular complexity index is 891. The Morgan fingerprint density at radius 2 is 1.55 bits per heavy atom. The normalized spacial score (nSPS) is 10.6. The van der Waals surface area contributed by atoms with Crippen molar-refractivity contribution < 1.29 is 4.79 Å². The van der Waals surface area contributed by atoms with Gasteiger partial charge in [-0.05, 0) is 47.6 Å². The molecular formula is C26H26N2O. The smallest absolute Gasteiger partial charge is 0.243 e. The second kappa shape index (κ2) is 11.4. The van der Waals surface area contributed by atoms with E-state index in [0.717, 1.165) is 36.0 Å². The number of benzene rings is 2. The summed E-state index contributed by atoms with van der Waals surface area (Å²) in [6.45, 7) is 0.678. The Labute approximate surface area is 172 Å². The van der Waals surface area contributed by atoms with Gasteiger partial charge in [-0.3, -0.25) is 9.78 Å². The molecule has 0 unspecified atom stereocenters. The van der Waals surface area contributed by atoms with E-state index in [0.29, 0.717) is 6.54 Å². The van der Waals surface area contributed by atoms with Crippen LogP contribution in [-0.2, 0) is 11.2 Å². The first-order valence-corrected chi connectivity index (χ1v) is 9.99. The van der Waals surface area contributed by atoms with Gasteiger partial charge in [-0.25, -0.2) is 0 Å². The average molecular weight is 383 g/mol. The predicted molar refractivity (Wildman–Crippen MR) is 119 cm³/mol. The Kier molecular flexibility index (Phi) is 7.97. The highest BCUT2D eigenvalue weighted by atomic mass is 16.1. The predicted octanol–water partition coefficient (Wildman–Crippen LogP) is 5.21. The van der Waals surface area contributed by atoms with Gasteiger partial charge in [0.05, 0.1) is 0 Å². The van der Waals surface area contributed by atoms with E-state index < -0.39 is 0 Å². The quantitative estimate of drug-likeness (QED) is 0.314. The molecule has 3 heteroatoms. The van der Waals surface area contributed by atoms with Crippen LogP contribution in [0, 0.1) is 0 Å². The number of carbonyl (C=O) groups excluding carboxylic acids is 1. The first-order valence-electron chi connectivity index (χ1n) is 9.99. The molecule has 1 heterocycles. The number of hydrogen-bond acceptors (Lipinski definition) is 2. The van der Waals surface area contributed by atoms with Crippen LogP contribution in [0.2, 0.25) is 0 Å². The SMILES string of the molecule is O=C(/C=C/C=C(c1ccccc1)c1ccccc1)NCCCCc1cccnc1. The molecule has 0 aliphatic carbocycles. The van der Waals surface area contributed by atoms with Gasteiger partial charge in [0.2, 0.25) is 5.91 Å². The third-order valence-electron chi connectivity index (χ3n) is 4.59. The average Bonchev–Trinajstić information content (AvgIpc) is 2.78. The minimum Gasteiger partial charge on any atom is -0.353 e. The number of carbonyl (C=O) groups is 1. The summed E-state index contributed by atoms with van der Waals surface area (Å²) in [5.41, 5.74) is 4.57. The van der Waals surface area contributed by atoms with Crippen molar-refractivity contribution in [3.8, 4) is 0 Å². The molecular weight excluding hydrogens is 356 g/mol. The lowest BCUT2D eigenvalue weighted by atomic mass is 9.97. The molecule has 1 N–H and O–H groups in total. The topological polar surface area (TPSA) is 42.0 Å². The second-order valence-electron chi connectivity index (χ2n) is 6.78. The number of hydrogen-bond donors (Lipinski definition) is 1. The van der Waals surface area contributed by atoms with Crippen molar-refractivity contribution >= 4 is 11.5 Å². The standard InChI is InChI=1S/C26H26N2O/c29-26(28-20-8-7-11-22-12-10-19-27-21-22)18-9-17-25(23-13-3-1-4-14-23)24-15-5-2-6-16-24/h1-6,9-10,12-19,21H,7-8,11,20H2,(H,28,29)/b18-9+. The van der Waals surface area contributed by atoms with Crippen molar-refractivity contribution in [1.82, 2.24) is 10.3 Å². The number of aromatic nitrogens is 1. The summed E-state index contributed by atoms with van der Waals surface area (Å²) in [6.07, 6.45) is 12.0. The summed E-state index contributed by atoms with van der Waals surface area (Å²) in [5.74, 6) is -0.0666. The van der Waals surface area contributed by atoms with E-state index in [1.165, 1.54) is 5.56 Å². The zero-order valence-corrected chi connectivity index (χ0v) is 16.5. The molecule has 0 fully saturated rings. The van der Waals surface area contributed by atoms with Crippen molar-refractivity contribution in [3.63, 3.8) is 0 Å². The maximum Gasteiger partial charge on any atom is 0.243 e. The molecule has 0 aliphatic heterocycles. The van der Waals surface area contributed by atoms with E-state index in [9.17, 15) is 4.79 Å². The third-order valence-corrected chi connectivity index (χ3v) is 4.59. The molecule has 0 saturated heterocycles. The first kappa shape index (κ1) is 20.3. The highest BCUT2D eigenvalue weighted by Crippen LogP contribution is 2.23. The molecule has 0 bridgehead atoms. The molecule has 1 aromatic heterocycles. The fourth-order valence-electron chi connectivity index (χ4n) is 3.10. The molecule has 146 valence electrons. The van der Waals surface area contributed by atoms with E-state index in [-0.39, 0.29) is 5.91 Å². The van der Waals surface area contributed by atoms with Gasteiger partial charge < -0.3 is 5.32 Å². The fourth-order valence-corrected chi connectivity index (χ4v) is 3.10. The van der Waals surface area contributed by atoms with Crippen LogP contribution in [0.5, 0.6) is 0 Å². The summed E-state index contributed by atoms with van der Waals surface area (Å²) < 4.78 is 0. The molecule has 2 aromatic carbocycles. The summed E-state index contributed by atoms with van der Waals surface area (Å²) in [7, 11) is 0. The van der Waals surface area contributed by atoms with Crippen LogP contribution in [0.1, 0.15) is 29.5 Å². The molecule has 3 aromatic rings. The fraction of sp³-hybridized carbons (Fsp3) is 0.154. The van der Waals surface area contributed by atoms with Gasteiger partial charge in [-0.2, -0.15) is 0 Å². The number of nitrogens with one attached hydrogen (secondary N) is 1. The van der Waals surface area contributed by atoms with E-state index in [2.05, 4.69) is 40.6 Å². The summed E-state index contributed by atoms with van der Waals surface area (Å²) in [4.78, 5) is 16.2. The number of amides is 1. The van der Waals surface area contributed by atoms with Gasteiger partial charge in [0.1, 0.15) is 0 Å². The van der Waals surface area contributed by atoms with Crippen molar-refractivity contribution in [1.29, 1.82) is 0 Å². The van der Waals surface area contributed by atoms with Crippen LogP contribution < -0.4 is 5.32 Å². The highest BCUT2D eigenvalue weighted by Gasteiger charge is 2.03. The van der Waals surface area contributed by atoms with Gasteiger partial charge >= 0.3 is 0 Å². The van der Waals surface area contributed by atoms with Crippen molar-refractivity contribution in [3.05, 3.63) is 120 Å². The molecule has 0 atom stereocenters. The van der Waals surface area contributed by atoms with Crippen LogP contribution in [0.15, 0.2) is 103 Å². The maximum absolute atomic E-state index is 12.1. The monoisotopic (exact) mass is 382 g/mol. The van der Waals surface area contributed by atoms with E-state index in [1.807, 2.05) is 60.8 Å². The molecule has 0 saturated carbocycles.